The predicted molar refractivity (Wildman–Crippen MR) is 89.1 cm³/mol. The number of hydrogen-bond donors (Lipinski definition) is 2. The first-order chi connectivity index (χ1) is 10.0. The summed E-state index contributed by atoms with van der Waals surface area (Å²) in [6.45, 7) is 4.38. The maximum Gasteiger partial charge on any atom is 0.234 e. The van der Waals surface area contributed by atoms with Gasteiger partial charge in [-0.25, -0.2) is 0 Å². The topological polar surface area (TPSA) is 58.4 Å². The Morgan fingerprint density at radius 1 is 1.38 bits per heavy atom. The van der Waals surface area contributed by atoms with Crippen molar-refractivity contribution in [1.29, 1.82) is 0 Å². The maximum atomic E-state index is 12.1. The third-order valence-corrected chi connectivity index (χ3v) is 4.39. The van der Waals surface area contributed by atoms with Crippen LogP contribution in [0.25, 0.3) is 0 Å². The average Bonchev–Trinajstić information content (AvgIpc) is 2.44. The molecule has 5 heteroatoms. The second-order valence-corrected chi connectivity index (χ2v) is 6.83. The van der Waals surface area contributed by atoms with Crippen molar-refractivity contribution in [3.63, 3.8) is 0 Å². The zero-order valence-electron chi connectivity index (χ0n) is 12.5. The molecule has 1 aromatic carbocycles. The van der Waals surface area contributed by atoms with Gasteiger partial charge in [-0.1, -0.05) is 28.1 Å². The standard InChI is InChI=1S/C16H24BrN3O/c1-12(10-13-2-4-14(17)5-3-13)19-16(21)11-20-8-6-15(18)7-9-20/h2-5,12,15H,6-11,18H2,1H3,(H,19,21). The number of hydrogen-bond acceptors (Lipinski definition) is 3. The highest BCUT2D eigenvalue weighted by molar-refractivity contribution is 9.10. The van der Waals surface area contributed by atoms with E-state index >= 15 is 0 Å². The first-order valence-electron chi connectivity index (χ1n) is 7.54. The number of amides is 1. The maximum absolute atomic E-state index is 12.1. The molecule has 0 bridgehead atoms. The summed E-state index contributed by atoms with van der Waals surface area (Å²) < 4.78 is 1.08. The molecule has 1 aliphatic rings. The van der Waals surface area contributed by atoms with Gasteiger partial charge in [-0.15, -0.1) is 0 Å². The van der Waals surface area contributed by atoms with Gasteiger partial charge in [-0.05, 0) is 43.9 Å². The number of nitrogens with zero attached hydrogens (tertiary/aromatic N) is 1. The lowest BCUT2D eigenvalue weighted by molar-refractivity contribution is -0.123. The molecular formula is C16H24BrN3O. The molecule has 0 spiro atoms. The fourth-order valence-electron chi connectivity index (χ4n) is 2.66. The number of benzene rings is 1. The van der Waals surface area contributed by atoms with Crippen molar-refractivity contribution in [2.24, 2.45) is 5.73 Å². The van der Waals surface area contributed by atoms with Gasteiger partial charge in [-0.3, -0.25) is 9.69 Å². The van der Waals surface area contributed by atoms with Crippen molar-refractivity contribution in [1.82, 2.24) is 10.2 Å². The minimum absolute atomic E-state index is 0.107. The van der Waals surface area contributed by atoms with E-state index in [9.17, 15) is 4.79 Å². The molecule has 3 N–H and O–H groups in total. The third kappa shape index (κ3) is 5.77. The Kier molecular flexibility index (Phi) is 6.21. The average molecular weight is 354 g/mol. The van der Waals surface area contributed by atoms with E-state index in [0.29, 0.717) is 12.6 Å². The Morgan fingerprint density at radius 3 is 2.62 bits per heavy atom. The molecule has 116 valence electrons. The lowest BCUT2D eigenvalue weighted by atomic mass is 10.1. The number of piperidine rings is 1. The number of nitrogens with one attached hydrogen (secondary N) is 1. The first kappa shape index (κ1) is 16.5. The van der Waals surface area contributed by atoms with Crippen LogP contribution in [-0.2, 0) is 11.2 Å². The Bertz CT molecular complexity index is 455. The van der Waals surface area contributed by atoms with Crippen molar-refractivity contribution >= 4 is 21.8 Å². The molecule has 0 saturated carbocycles. The lowest BCUT2D eigenvalue weighted by Gasteiger charge is -2.29. The Labute approximate surface area is 135 Å². The van der Waals surface area contributed by atoms with Crippen LogP contribution in [0.3, 0.4) is 0 Å². The van der Waals surface area contributed by atoms with Gasteiger partial charge < -0.3 is 11.1 Å². The molecule has 1 aromatic rings. The first-order valence-corrected chi connectivity index (χ1v) is 8.34. The summed E-state index contributed by atoms with van der Waals surface area (Å²) in [5.41, 5.74) is 7.11. The van der Waals surface area contributed by atoms with Gasteiger partial charge in [0.2, 0.25) is 5.91 Å². The third-order valence-electron chi connectivity index (χ3n) is 3.86. The number of rotatable bonds is 5. The fourth-order valence-corrected chi connectivity index (χ4v) is 2.92. The van der Waals surface area contributed by atoms with Crippen LogP contribution in [0.2, 0.25) is 0 Å². The molecule has 0 radical (unpaired) electrons. The van der Waals surface area contributed by atoms with Gasteiger partial charge in [0.25, 0.3) is 0 Å². The molecule has 2 rings (SSSR count). The van der Waals surface area contributed by atoms with Gasteiger partial charge in [0.05, 0.1) is 6.54 Å². The molecule has 0 aromatic heterocycles. The van der Waals surface area contributed by atoms with Gasteiger partial charge >= 0.3 is 0 Å². The fraction of sp³-hybridized carbons (Fsp3) is 0.562. The van der Waals surface area contributed by atoms with Crippen LogP contribution in [0, 0.1) is 0 Å². The van der Waals surface area contributed by atoms with E-state index in [1.807, 2.05) is 19.1 Å². The Balaban J connectivity index is 1.73. The molecule has 21 heavy (non-hydrogen) atoms. The number of carbonyl (C=O) groups excluding carboxylic acids is 1. The van der Waals surface area contributed by atoms with Crippen LogP contribution in [0.4, 0.5) is 0 Å². The van der Waals surface area contributed by atoms with Crippen molar-refractivity contribution in [2.75, 3.05) is 19.6 Å². The second-order valence-electron chi connectivity index (χ2n) is 5.91. The van der Waals surface area contributed by atoms with Gasteiger partial charge in [0.1, 0.15) is 0 Å². The van der Waals surface area contributed by atoms with Crippen molar-refractivity contribution in [3.05, 3.63) is 34.3 Å². The van der Waals surface area contributed by atoms with Crippen LogP contribution >= 0.6 is 15.9 Å². The van der Waals surface area contributed by atoms with Gasteiger partial charge in [-0.2, -0.15) is 0 Å². The van der Waals surface area contributed by atoms with E-state index in [-0.39, 0.29) is 11.9 Å². The van der Waals surface area contributed by atoms with Crippen LogP contribution in [0.15, 0.2) is 28.7 Å². The van der Waals surface area contributed by atoms with Crippen LogP contribution in [-0.4, -0.2) is 42.5 Å². The van der Waals surface area contributed by atoms with E-state index in [4.69, 9.17) is 5.73 Å². The number of likely N-dealkylation sites (tertiary alicyclic amines) is 1. The highest BCUT2D eigenvalue weighted by atomic mass is 79.9. The van der Waals surface area contributed by atoms with E-state index in [1.165, 1.54) is 5.56 Å². The molecule has 1 heterocycles. The Morgan fingerprint density at radius 2 is 2.00 bits per heavy atom. The largest absolute Gasteiger partial charge is 0.352 e. The number of carbonyl (C=O) groups is 1. The quantitative estimate of drug-likeness (QED) is 0.850. The van der Waals surface area contributed by atoms with Crippen molar-refractivity contribution in [2.45, 2.75) is 38.3 Å². The number of nitrogens with two attached hydrogens (primary N) is 1. The highest BCUT2D eigenvalue weighted by Crippen LogP contribution is 2.12. The monoisotopic (exact) mass is 353 g/mol. The van der Waals surface area contributed by atoms with Gasteiger partial charge in [0, 0.05) is 29.6 Å². The summed E-state index contributed by atoms with van der Waals surface area (Å²) in [4.78, 5) is 14.2. The molecule has 1 atom stereocenters. The highest BCUT2D eigenvalue weighted by Gasteiger charge is 2.18. The van der Waals surface area contributed by atoms with E-state index in [0.717, 1.165) is 36.8 Å². The van der Waals surface area contributed by atoms with E-state index in [1.54, 1.807) is 0 Å². The normalized spacial score (nSPS) is 18.4. The molecule has 0 aliphatic carbocycles. The molecule has 1 aliphatic heterocycles. The van der Waals surface area contributed by atoms with E-state index in [2.05, 4.69) is 38.3 Å². The summed E-state index contributed by atoms with van der Waals surface area (Å²) >= 11 is 3.43. The lowest BCUT2D eigenvalue weighted by Crippen LogP contribution is -2.46. The van der Waals surface area contributed by atoms with Crippen LogP contribution in [0.5, 0.6) is 0 Å². The summed E-state index contributed by atoms with van der Waals surface area (Å²) in [6.07, 6.45) is 2.83. The van der Waals surface area contributed by atoms with Crippen molar-refractivity contribution < 1.29 is 4.79 Å². The summed E-state index contributed by atoms with van der Waals surface area (Å²) in [5, 5.41) is 3.08. The zero-order valence-corrected chi connectivity index (χ0v) is 14.1. The summed E-state index contributed by atoms with van der Waals surface area (Å²) in [7, 11) is 0. The summed E-state index contributed by atoms with van der Waals surface area (Å²) in [5.74, 6) is 0.107. The SMILES string of the molecule is CC(Cc1ccc(Br)cc1)NC(=O)CN1CCC(N)CC1. The number of halogens is 1. The van der Waals surface area contributed by atoms with Gasteiger partial charge in [0.15, 0.2) is 0 Å². The smallest absolute Gasteiger partial charge is 0.234 e. The zero-order chi connectivity index (χ0) is 15.2. The molecule has 1 saturated heterocycles. The molecule has 1 amide bonds. The predicted octanol–water partition coefficient (Wildman–Crippen LogP) is 1.92. The summed E-state index contributed by atoms with van der Waals surface area (Å²) in [6, 6.07) is 8.67. The van der Waals surface area contributed by atoms with E-state index < -0.39 is 0 Å². The Hall–Kier alpha value is -0.910. The van der Waals surface area contributed by atoms with Crippen LogP contribution < -0.4 is 11.1 Å². The second kappa shape index (κ2) is 7.92. The minimum Gasteiger partial charge on any atom is -0.352 e. The molecule has 1 unspecified atom stereocenters. The van der Waals surface area contributed by atoms with Crippen LogP contribution in [0.1, 0.15) is 25.3 Å². The molecular weight excluding hydrogens is 330 g/mol. The van der Waals surface area contributed by atoms with Crippen molar-refractivity contribution in [3.8, 4) is 0 Å². The minimum atomic E-state index is 0.107. The molecule has 4 nitrogen and oxygen atoms in total. The molecule has 1 fully saturated rings.